The molecule has 0 aliphatic rings. The Morgan fingerprint density at radius 3 is 2.23 bits per heavy atom. The number of nitriles is 1. The molecule has 0 aromatic heterocycles. The van der Waals surface area contributed by atoms with Gasteiger partial charge >= 0.3 is 0 Å². The van der Waals surface area contributed by atoms with E-state index in [-0.39, 0.29) is 6.54 Å². The van der Waals surface area contributed by atoms with E-state index in [9.17, 15) is 8.42 Å². The molecule has 0 fully saturated rings. The van der Waals surface area contributed by atoms with Crippen LogP contribution in [0.25, 0.3) is 0 Å². The van der Waals surface area contributed by atoms with Crippen molar-refractivity contribution in [1.82, 2.24) is 9.03 Å². The van der Waals surface area contributed by atoms with E-state index in [2.05, 4.69) is 4.72 Å². The van der Waals surface area contributed by atoms with Crippen molar-refractivity contribution < 1.29 is 8.42 Å². The molecular weight excluding hydrogens is 190 g/mol. The third-order valence-electron chi connectivity index (χ3n) is 1.48. The molecule has 0 atom stereocenters. The number of rotatable bonds is 4. The van der Waals surface area contributed by atoms with Gasteiger partial charge in [0.05, 0.1) is 11.5 Å². The summed E-state index contributed by atoms with van der Waals surface area (Å²) in [6.45, 7) is 3.46. The summed E-state index contributed by atoms with van der Waals surface area (Å²) in [5.41, 5.74) is -0.678. The fourth-order valence-corrected chi connectivity index (χ4v) is 1.24. The molecule has 0 saturated heterocycles. The summed E-state index contributed by atoms with van der Waals surface area (Å²) in [6, 6.07) is 2.01. The Labute approximate surface area is 79.5 Å². The van der Waals surface area contributed by atoms with Gasteiger partial charge in [0.15, 0.2) is 0 Å². The van der Waals surface area contributed by atoms with Crippen LogP contribution in [0.15, 0.2) is 0 Å². The highest BCUT2D eigenvalue weighted by Gasteiger charge is 2.21. The van der Waals surface area contributed by atoms with E-state index >= 15 is 0 Å². The maximum Gasteiger partial charge on any atom is 0.278 e. The second-order valence-corrected chi connectivity index (χ2v) is 5.57. The van der Waals surface area contributed by atoms with Gasteiger partial charge in [-0.05, 0) is 13.8 Å². The van der Waals surface area contributed by atoms with Gasteiger partial charge in [-0.1, -0.05) is 0 Å². The number of nitrogens with one attached hydrogen (secondary N) is 1. The molecule has 0 radical (unpaired) electrons. The van der Waals surface area contributed by atoms with Crippen molar-refractivity contribution >= 4 is 10.2 Å². The monoisotopic (exact) mass is 205 g/mol. The predicted molar refractivity (Wildman–Crippen MR) is 50.0 cm³/mol. The van der Waals surface area contributed by atoms with Gasteiger partial charge in [-0.15, -0.1) is 0 Å². The van der Waals surface area contributed by atoms with Crippen LogP contribution in [0.3, 0.4) is 0 Å². The maximum absolute atomic E-state index is 11.2. The Balaban J connectivity index is 4.29. The molecule has 0 bridgehead atoms. The van der Waals surface area contributed by atoms with Crippen LogP contribution in [-0.2, 0) is 10.2 Å². The Kier molecular flexibility index (Phi) is 3.85. The lowest BCUT2D eigenvalue weighted by molar-refractivity contribution is 0.455. The largest absolute Gasteiger partial charge is 0.278 e. The topological polar surface area (TPSA) is 73.2 Å². The summed E-state index contributed by atoms with van der Waals surface area (Å²) < 4.78 is 25.8. The molecule has 0 aliphatic carbocycles. The van der Waals surface area contributed by atoms with Crippen molar-refractivity contribution in [2.24, 2.45) is 5.41 Å². The molecule has 0 heterocycles. The van der Waals surface area contributed by atoms with Gasteiger partial charge in [-0.3, -0.25) is 0 Å². The molecule has 0 amide bonds. The van der Waals surface area contributed by atoms with Gasteiger partial charge < -0.3 is 0 Å². The zero-order chi connectivity index (χ0) is 10.7. The van der Waals surface area contributed by atoms with E-state index in [1.807, 2.05) is 6.07 Å². The highest BCUT2D eigenvalue weighted by atomic mass is 32.2. The van der Waals surface area contributed by atoms with E-state index < -0.39 is 15.6 Å². The van der Waals surface area contributed by atoms with Gasteiger partial charge in [-0.2, -0.15) is 18.0 Å². The molecule has 0 spiro atoms. The van der Waals surface area contributed by atoms with E-state index in [0.717, 1.165) is 4.31 Å². The van der Waals surface area contributed by atoms with Crippen LogP contribution in [0, 0.1) is 16.7 Å². The molecule has 1 N–H and O–H groups in total. The average molecular weight is 205 g/mol. The van der Waals surface area contributed by atoms with Crippen LogP contribution >= 0.6 is 0 Å². The summed E-state index contributed by atoms with van der Waals surface area (Å²) in [6.07, 6.45) is 0. The first-order valence-corrected chi connectivity index (χ1v) is 5.24. The smallest absolute Gasteiger partial charge is 0.201 e. The molecule has 13 heavy (non-hydrogen) atoms. The Morgan fingerprint density at radius 2 is 1.92 bits per heavy atom. The molecule has 6 heteroatoms. The Hall–Kier alpha value is -0.640. The normalized spacial score (nSPS) is 12.9. The summed E-state index contributed by atoms with van der Waals surface area (Å²) in [5.74, 6) is 0. The Bertz CT molecular complexity index is 300. The number of hydrogen-bond acceptors (Lipinski definition) is 3. The number of hydrogen-bond donors (Lipinski definition) is 1. The molecule has 0 aliphatic heterocycles. The van der Waals surface area contributed by atoms with E-state index in [1.165, 1.54) is 14.1 Å². The van der Waals surface area contributed by atoms with Gasteiger partial charge in [0.1, 0.15) is 0 Å². The van der Waals surface area contributed by atoms with Crippen molar-refractivity contribution in [2.75, 3.05) is 20.6 Å². The fourth-order valence-electron chi connectivity index (χ4n) is 0.440. The molecule has 0 saturated carbocycles. The Morgan fingerprint density at radius 1 is 1.46 bits per heavy atom. The molecule has 0 aromatic carbocycles. The lowest BCUT2D eigenvalue weighted by Gasteiger charge is -2.18. The SMILES string of the molecule is CN(C)S(=O)(=O)NCC(C)(C)C#N. The number of nitrogens with zero attached hydrogens (tertiary/aromatic N) is 2. The van der Waals surface area contributed by atoms with Gasteiger partial charge in [0, 0.05) is 20.6 Å². The van der Waals surface area contributed by atoms with Crippen molar-refractivity contribution in [2.45, 2.75) is 13.8 Å². The third-order valence-corrected chi connectivity index (χ3v) is 2.95. The summed E-state index contributed by atoms with van der Waals surface area (Å²) in [7, 11) is -0.545. The zero-order valence-corrected chi connectivity index (χ0v) is 9.14. The minimum atomic E-state index is -3.41. The van der Waals surface area contributed by atoms with Gasteiger partial charge in [0.2, 0.25) is 0 Å². The standard InChI is InChI=1S/C7H15N3O2S/c1-7(2,5-8)6-9-13(11,12)10(3)4/h9H,6H2,1-4H3. The first-order chi connectivity index (χ1) is 5.71. The highest BCUT2D eigenvalue weighted by molar-refractivity contribution is 7.87. The molecule has 0 rings (SSSR count). The van der Waals surface area contributed by atoms with Crippen molar-refractivity contribution in [3.63, 3.8) is 0 Å². The minimum Gasteiger partial charge on any atom is -0.201 e. The van der Waals surface area contributed by atoms with E-state index in [1.54, 1.807) is 13.8 Å². The minimum absolute atomic E-state index is 0.115. The van der Waals surface area contributed by atoms with Crippen LogP contribution in [-0.4, -0.2) is 33.4 Å². The second-order valence-electron chi connectivity index (χ2n) is 3.60. The van der Waals surface area contributed by atoms with Crippen LogP contribution in [0.5, 0.6) is 0 Å². The molecule has 0 aromatic rings. The van der Waals surface area contributed by atoms with Crippen molar-refractivity contribution in [3.8, 4) is 6.07 Å². The molecule has 76 valence electrons. The first-order valence-electron chi connectivity index (χ1n) is 3.80. The zero-order valence-electron chi connectivity index (χ0n) is 8.33. The van der Waals surface area contributed by atoms with E-state index in [0.29, 0.717) is 0 Å². The average Bonchev–Trinajstić information content (AvgIpc) is 2.01. The van der Waals surface area contributed by atoms with Gasteiger partial charge in [0.25, 0.3) is 10.2 Å². The molecular formula is C7H15N3O2S. The predicted octanol–water partition coefficient (Wildman–Crippen LogP) is -0.0678. The highest BCUT2D eigenvalue weighted by Crippen LogP contribution is 2.11. The lowest BCUT2D eigenvalue weighted by Crippen LogP contribution is -2.40. The van der Waals surface area contributed by atoms with Crippen LogP contribution in [0.4, 0.5) is 0 Å². The van der Waals surface area contributed by atoms with Crippen LogP contribution < -0.4 is 4.72 Å². The third kappa shape index (κ3) is 4.22. The molecule has 5 nitrogen and oxygen atoms in total. The molecule has 0 unspecified atom stereocenters. The van der Waals surface area contributed by atoms with Gasteiger partial charge in [-0.25, -0.2) is 4.72 Å². The quantitative estimate of drug-likeness (QED) is 0.698. The second kappa shape index (κ2) is 4.05. The van der Waals surface area contributed by atoms with Crippen LogP contribution in [0.1, 0.15) is 13.8 Å². The first kappa shape index (κ1) is 12.4. The lowest BCUT2D eigenvalue weighted by atomic mass is 9.97. The summed E-state index contributed by atoms with van der Waals surface area (Å²) in [4.78, 5) is 0. The van der Waals surface area contributed by atoms with Crippen LogP contribution in [0.2, 0.25) is 0 Å². The maximum atomic E-state index is 11.2. The van der Waals surface area contributed by atoms with Crippen molar-refractivity contribution in [1.29, 1.82) is 5.26 Å². The summed E-state index contributed by atoms with van der Waals surface area (Å²) in [5, 5.41) is 8.63. The summed E-state index contributed by atoms with van der Waals surface area (Å²) >= 11 is 0. The fraction of sp³-hybridized carbons (Fsp3) is 0.857. The van der Waals surface area contributed by atoms with E-state index in [4.69, 9.17) is 5.26 Å². The van der Waals surface area contributed by atoms with Crippen molar-refractivity contribution in [3.05, 3.63) is 0 Å².